The van der Waals surface area contributed by atoms with Crippen molar-refractivity contribution in [1.82, 2.24) is 4.98 Å². The molecule has 5 heteroatoms. The van der Waals surface area contributed by atoms with Crippen LogP contribution >= 0.6 is 23.6 Å². The van der Waals surface area contributed by atoms with Gasteiger partial charge in [-0.05, 0) is 30.0 Å². The first-order chi connectivity index (χ1) is 9.22. The van der Waals surface area contributed by atoms with Crippen molar-refractivity contribution in [2.75, 3.05) is 5.32 Å². The zero-order chi connectivity index (χ0) is 13.7. The lowest BCUT2D eigenvalue weighted by atomic mass is 10.1. The second kappa shape index (κ2) is 6.63. The zero-order valence-corrected chi connectivity index (χ0v) is 12.4. The Hall–Kier alpha value is -1.46. The molecule has 2 heterocycles. The molecule has 0 aliphatic heterocycles. The van der Waals surface area contributed by atoms with Gasteiger partial charge in [0.15, 0.2) is 0 Å². The van der Waals surface area contributed by atoms with Gasteiger partial charge >= 0.3 is 0 Å². The third kappa shape index (κ3) is 3.52. The molecule has 2 aromatic rings. The molecule has 0 radical (unpaired) electrons. The number of nitrogens with two attached hydrogens (primary N) is 1. The lowest BCUT2D eigenvalue weighted by molar-refractivity contribution is 0.684. The highest BCUT2D eigenvalue weighted by molar-refractivity contribution is 7.80. The summed E-state index contributed by atoms with van der Waals surface area (Å²) in [5, 5.41) is 5.55. The molecule has 19 heavy (non-hydrogen) atoms. The van der Waals surface area contributed by atoms with E-state index < -0.39 is 0 Å². The van der Waals surface area contributed by atoms with Gasteiger partial charge in [0.2, 0.25) is 0 Å². The fraction of sp³-hybridized carbons (Fsp3) is 0.286. The first-order valence-electron chi connectivity index (χ1n) is 6.27. The maximum absolute atomic E-state index is 5.74. The van der Waals surface area contributed by atoms with Gasteiger partial charge in [0.05, 0.1) is 11.6 Å². The average Bonchev–Trinajstić information content (AvgIpc) is 2.92. The molecule has 0 saturated heterocycles. The molecule has 0 spiro atoms. The Bertz CT molecular complexity index is 537. The van der Waals surface area contributed by atoms with Crippen LogP contribution in [0.3, 0.4) is 0 Å². The molecule has 1 atom stereocenters. The average molecular weight is 291 g/mol. The number of nitrogens with one attached hydrogen (secondary N) is 1. The Kier molecular flexibility index (Phi) is 4.87. The van der Waals surface area contributed by atoms with E-state index in [1.54, 1.807) is 17.5 Å². The standard InChI is InChI=1S/C14H17N3S2/c1-2-5-11(12-7-4-9-19-12)17-14-10(13(15)18)6-3-8-16-14/h3-4,6-9,11H,2,5H2,1H3,(H2,15,18)(H,16,17). The van der Waals surface area contributed by atoms with Crippen LogP contribution in [0.15, 0.2) is 35.8 Å². The van der Waals surface area contributed by atoms with Crippen LogP contribution in [0.2, 0.25) is 0 Å². The SMILES string of the molecule is CCCC(Nc1ncccc1C(N)=S)c1cccs1. The predicted molar refractivity (Wildman–Crippen MR) is 85.7 cm³/mol. The van der Waals surface area contributed by atoms with E-state index in [2.05, 4.69) is 34.7 Å². The van der Waals surface area contributed by atoms with E-state index in [9.17, 15) is 0 Å². The minimum Gasteiger partial charge on any atom is -0.389 e. The third-order valence-electron chi connectivity index (χ3n) is 2.85. The van der Waals surface area contributed by atoms with E-state index in [0.29, 0.717) is 4.99 Å². The van der Waals surface area contributed by atoms with Crippen LogP contribution in [0.25, 0.3) is 0 Å². The molecule has 3 nitrogen and oxygen atoms in total. The van der Waals surface area contributed by atoms with Crippen LogP contribution in [-0.4, -0.2) is 9.97 Å². The van der Waals surface area contributed by atoms with Crippen LogP contribution in [0, 0.1) is 0 Å². The van der Waals surface area contributed by atoms with Crippen LogP contribution in [0.1, 0.15) is 36.2 Å². The predicted octanol–water partition coefficient (Wildman–Crippen LogP) is 3.73. The molecule has 2 rings (SSSR count). The molecule has 0 bridgehead atoms. The van der Waals surface area contributed by atoms with Crippen molar-refractivity contribution in [3.8, 4) is 0 Å². The van der Waals surface area contributed by atoms with Crippen molar-refractivity contribution in [2.45, 2.75) is 25.8 Å². The van der Waals surface area contributed by atoms with Crippen molar-refractivity contribution < 1.29 is 0 Å². The minimum absolute atomic E-state index is 0.257. The van der Waals surface area contributed by atoms with Gasteiger partial charge in [-0.3, -0.25) is 0 Å². The number of rotatable bonds is 6. The van der Waals surface area contributed by atoms with Crippen molar-refractivity contribution in [3.63, 3.8) is 0 Å². The molecule has 0 aliphatic rings. The summed E-state index contributed by atoms with van der Waals surface area (Å²) in [5.74, 6) is 0.766. The third-order valence-corrected chi connectivity index (χ3v) is 4.05. The van der Waals surface area contributed by atoms with Gasteiger partial charge in [-0.25, -0.2) is 4.98 Å². The molecule has 1 unspecified atom stereocenters. The van der Waals surface area contributed by atoms with E-state index in [1.165, 1.54) is 4.88 Å². The lowest BCUT2D eigenvalue weighted by Crippen LogP contribution is -2.17. The number of aromatic nitrogens is 1. The van der Waals surface area contributed by atoms with Crippen molar-refractivity contribution in [3.05, 3.63) is 46.3 Å². The Labute approximate surface area is 122 Å². The summed E-state index contributed by atoms with van der Waals surface area (Å²) in [7, 11) is 0. The smallest absolute Gasteiger partial charge is 0.136 e. The Morgan fingerprint density at radius 3 is 2.95 bits per heavy atom. The summed E-state index contributed by atoms with van der Waals surface area (Å²) in [4.78, 5) is 6.04. The Balaban J connectivity index is 2.25. The van der Waals surface area contributed by atoms with Gasteiger partial charge in [0.1, 0.15) is 10.8 Å². The number of thiocarbonyl (C=S) groups is 1. The van der Waals surface area contributed by atoms with Gasteiger partial charge in [-0.1, -0.05) is 31.6 Å². The van der Waals surface area contributed by atoms with E-state index >= 15 is 0 Å². The molecule has 0 aromatic carbocycles. The lowest BCUT2D eigenvalue weighted by Gasteiger charge is -2.19. The fourth-order valence-corrected chi connectivity index (χ4v) is 2.93. The van der Waals surface area contributed by atoms with E-state index in [-0.39, 0.29) is 6.04 Å². The molecule has 0 amide bonds. The summed E-state index contributed by atoms with van der Waals surface area (Å²) in [6.07, 6.45) is 3.90. The van der Waals surface area contributed by atoms with Gasteiger partial charge in [0.25, 0.3) is 0 Å². The van der Waals surface area contributed by atoms with Crippen LogP contribution < -0.4 is 11.1 Å². The molecule has 0 aliphatic carbocycles. The largest absolute Gasteiger partial charge is 0.389 e. The summed E-state index contributed by atoms with van der Waals surface area (Å²) < 4.78 is 0. The fourth-order valence-electron chi connectivity index (χ4n) is 1.95. The monoisotopic (exact) mass is 291 g/mol. The van der Waals surface area contributed by atoms with E-state index in [1.807, 2.05) is 12.1 Å². The number of pyridine rings is 1. The molecule has 0 saturated carbocycles. The number of nitrogens with zero attached hydrogens (tertiary/aromatic N) is 1. The normalized spacial score (nSPS) is 12.1. The molecule has 2 aromatic heterocycles. The molecular weight excluding hydrogens is 274 g/mol. The second-order valence-electron chi connectivity index (χ2n) is 4.26. The molecule has 0 fully saturated rings. The molecule has 100 valence electrons. The Morgan fingerprint density at radius 2 is 2.32 bits per heavy atom. The molecule has 3 N–H and O–H groups in total. The van der Waals surface area contributed by atoms with Crippen molar-refractivity contribution in [1.29, 1.82) is 0 Å². The summed E-state index contributed by atoms with van der Waals surface area (Å²) in [6, 6.07) is 8.21. The van der Waals surface area contributed by atoms with E-state index in [0.717, 1.165) is 24.2 Å². The number of anilines is 1. The number of hydrogen-bond acceptors (Lipinski definition) is 4. The zero-order valence-electron chi connectivity index (χ0n) is 10.8. The van der Waals surface area contributed by atoms with Crippen LogP contribution in [-0.2, 0) is 0 Å². The topological polar surface area (TPSA) is 50.9 Å². The summed E-state index contributed by atoms with van der Waals surface area (Å²) in [6.45, 7) is 2.18. The van der Waals surface area contributed by atoms with Crippen LogP contribution in [0.4, 0.5) is 5.82 Å². The highest BCUT2D eigenvalue weighted by Gasteiger charge is 2.14. The summed E-state index contributed by atoms with van der Waals surface area (Å²) in [5.41, 5.74) is 6.54. The number of thiophene rings is 1. The number of hydrogen-bond donors (Lipinski definition) is 2. The Morgan fingerprint density at radius 1 is 1.47 bits per heavy atom. The van der Waals surface area contributed by atoms with Crippen molar-refractivity contribution in [2.24, 2.45) is 5.73 Å². The minimum atomic E-state index is 0.257. The van der Waals surface area contributed by atoms with Gasteiger partial charge < -0.3 is 11.1 Å². The van der Waals surface area contributed by atoms with Crippen LogP contribution in [0.5, 0.6) is 0 Å². The van der Waals surface area contributed by atoms with Gasteiger partial charge in [-0.2, -0.15) is 0 Å². The molecular formula is C14H17N3S2. The van der Waals surface area contributed by atoms with Gasteiger partial charge in [-0.15, -0.1) is 11.3 Å². The second-order valence-corrected chi connectivity index (χ2v) is 5.68. The van der Waals surface area contributed by atoms with E-state index in [4.69, 9.17) is 18.0 Å². The quantitative estimate of drug-likeness (QED) is 0.796. The first kappa shape index (κ1) is 14.0. The van der Waals surface area contributed by atoms with Crippen molar-refractivity contribution >= 4 is 34.4 Å². The highest BCUT2D eigenvalue weighted by Crippen LogP contribution is 2.27. The summed E-state index contributed by atoms with van der Waals surface area (Å²) >= 11 is 6.82. The highest BCUT2D eigenvalue weighted by atomic mass is 32.1. The maximum Gasteiger partial charge on any atom is 0.136 e. The first-order valence-corrected chi connectivity index (χ1v) is 7.56. The van der Waals surface area contributed by atoms with Gasteiger partial charge in [0, 0.05) is 11.1 Å². The maximum atomic E-state index is 5.74.